The molecule has 1 atom stereocenters. The van der Waals surface area contributed by atoms with Crippen LogP contribution in [0.25, 0.3) is 0 Å². The number of piperazine rings is 1. The fraction of sp³-hybridized carbons (Fsp3) is 0.786. The van der Waals surface area contributed by atoms with Crippen molar-refractivity contribution in [3.8, 4) is 0 Å². The maximum Gasteiger partial charge on any atom is 0.0925 e. The minimum absolute atomic E-state index is 0.244. The first kappa shape index (κ1) is 14.5. The van der Waals surface area contributed by atoms with Crippen molar-refractivity contribution in [1.29, 1.82) is 0 Å². The predicted molar refractivity (Wildman–Crippen MR) is 78.0 cm³/mol. The molecule has 0 bridgehead atoms. The lowest BCUT2D eigenvalue weighted by Gasteiger charge is -2.44. The molecule has 2 rings (SSSR count). The van der Waals surface area contributed by atoms with Gasteiger partial charge in [0.15, 0.2) is 0 Å². The summed E-state index contributed by atoms with van der Waals surface area (Å²) in [6.45, 7) is 13.9. The van der Waals surface area contributed by atoms with Crippen LogP contribution in [0.2, 0.25) is 0 Å². The van der Waals surface area contributed by atoms with Crippen LogP contribution in [0.3, 0.4) is 0 Å². The first-order chi connectivity index (χ1) is 8.93. The van der Waals surface area contributed by atoms with Gasteiger partial charge in [-0.1, -0.05) is 0 Å². The van der Waals surface area contributed by atoms with Gasteiger partial charge in [0.1, 0.15) is 0 Å². The van der Waals surface area contributed by atoms with Crippen LogP contribution in [0.15, 0.2) is 6.33 Å². The summed E-state index contributed by atoms with van der Waals surface area (Å²) in [7, 11) is 0. The molecule has 0 spiro atoms. The first-order valence-electron chi connectivity index (χ1n) is 7.12. The standard InChI is InChI=1S/C14H27N5/c1-11-13(17-10-16-11)12(9-15)18-5-7-19(8-6-18)14(2,3)4/h10,12H,5-9,15H2,1-4H3,(H,16,17). The van der Waals surface area contributed by atoms with Crippen molar-refractivity contribution in [3.63, 3.8) is 0 Å². The van der Waals surface area contributed by atoms with Crippen molar-refractivity contribution in [3.05, 3.63) is 17.7 Å². The quantitative estimate of drug-likeness (QED) is 0.860. The Morgan fingerprint density at radius 1 is 1.32 bits per heavy atom. The lowest BCUT2D eigenvalue weighted by atomic mass is 10.0. The number of aromatic amines is 1. The molecule has 19 heavy (non-hydrogen) atoms. The molecule has 3 N–H and O–H groups in total. The number of hydrogen-bond acceptors (Lipinski definition) is 4. The fourth-order valence-electron chi connectivity index (χ4n) is 2.84. The van der Waals surface area contributed by atoms with Crippen molar-refractivity contribution in [2.75, 3.05) is 32.7 Å². The lowest BCUT2D eigenvalue weighted by molar-refractivity contribution is 0.0424. The molecule has 1 unspecified atom stereocenters. The molecule has 5 nitrogen and oxygen atoms in total. The summed E-state index contributed by atoms with van der Waals surface area (Å²) < 4.78 is 0. The van der Waals surface area contributed by atoms with Crippen LogP contribution in [0.4, 0.5) is 0 Å². The third kappa shape index (κ3) is 3.16. The van der Waals surface area contributed by atoms with Gasteiger partial charge in [-0.3, -0.25) is 9.80 Å². The van der Waals surface area contributed by atoms with Crippen LogP contribution in [0.1, 0.15) is 38.2 Å². The van der Waals surface area contributed by atoms with Crippen LogP contribution >= 0.6 is 0 Å². The number of hydrogen-bond donors (Lipinski definition) is 2. The van der Waals surface area contributed by atoms with Crippen molar-refractivity contribution in [2.45, 2.75) is 39.3 Å². The molecule has 2 heterocycles. The average molecular weight is 265 g/mol. The summed E-state index contributed by atoms with van der Waals surface area (Å²) in [5.74, 6) is 0. The van der Waals surface area contributed by atoms with E-state index in [0.717, 1.165) is 37.6 Å². The van der Waals surface area contributed by atoms with Crippen molar-refractivity contribution < 1.29 is 0 Å². The highest BCUT2D eigenvalue weighted by molar-refractivity contribution is 5.14. The smallest absolute Gasteiger partial charge is 0.0925 e. The molecule has 5 heteroatoms. The average Bonchev–Trinajstić information content (AvgIpc) is 2.76. The Bertz CT molecular complexity index is 398. The van der Waals surface area contributed by atoms with Gasteiger partial charge < -0.3 is 10.7 Å². The van der Waals surface area contributed by atoms with Gasteiger partial charge in [-0.05, 0) is 27.7 Å². The van der Waals surface area contributed by atoms with E-state index in [1.54, 1.807) is 6.33 Å². The molecule has 0 aliphatic carbocycles. The van der Waals surface area contributed by atoms with E-state index < -0.39 is 0 Å². The number of nitrogens with two attached hydrogens (primary N) is 1. The van der Waals surface area contributed by atoms with Crippen molar-refractivity contribution in [2.24, 2.45) is 5.73 Å². The monoisotopic (exact) mass is 265 g/mol. The van der Waals surface area contributed by atoms with E-state index in [4.69, 9.17) is 5.73 Å². The third-order valence-electron chi connectivity index (χ3n) is 4.11. The van der Waals surface area contributed by atoms with E-state index >= 15 is 0 Å². The summed E-state index contributed by atoms with van der Waals surface area (Å²) in [5.41, 5.74) is 8.47. The summed E-state index contributed by atoms with van der Waals surface area (Å²) in [6.07, 6.45) is 1.76. The molecule has 1 saturated heterocycles. The van der Waals surface area contributed by atoms with E-state index in [-0.39, 0.29) is 11.6 Å². The Kier molecular flexibility index (Phi) is 4.28. The molecular formula is C14H27N5. The molecule has 0 amide bonds. The number of aromatic nitrogens is 2. The molecule has 108 valence electrons. The molecular weight excluding hydrogens is 238 g/mol. The van der Waals surface area contributed by atoms with Crippen LogP contribution in [-0.4, -0.2) is 58.0 Å². The molecule has 0 saturated carbocycles. The number of H-pyrrole nitrogens is 1. The highest BCUT2D eigenvalue weighted by Gasteiger charge is 2.30. The van der Waals surface area contributed by atoms with Crippen molar-refractivity contribution in [1.82, 2.24) is 19.8 Å². The normalized spacial score (nSPS) is 20.7. The van der Waals surface area contributed by atoms with Crippen molar-refractivity contribution >= 4 is 0 Å². The third-order valence-corrected chi connectivity index (χ3v) is 4.11. The SMILES string of the molecule is Cc1[nH]cnc1C(CN)N1CCN(C(C)(C)C)CC1. The van der Waals surface area contributed by atoms with Gasteiger partial charge in [0.25, 0.3) is 0 Å². The van der Waals surface area contributed by atoms with E-state index in [2.05, 4.69) is 47.5 Å². The second-order valence-electron chi connectivity index (χ2n) is 6.36. The second kappa shape index (κ2) is 5.61. The summed E-state index contributed by atoms with van der Waals surface area (Å²) in [5, 5.41) is 0. The van der Waals surface area contributed by atoms with Crippen LogP contribution < -0.4 is 5.73 Å². The van der Waals surface area contributed by atoms with E-state index in [1.807, 2.05) is 0 Å². The molecule has 0 aromatic carbocycles. The van der Waals surface area contributed by atoms with Gasteiger partial charge in [-0.25, -0.2) is 4.98 Å². The van der Waals surface area contributed by atoms with Gasteiger partial charge in [0, 0.05) is 44.0 Å². The maximum atomic E-state index is 5.97. The maximum absolute atomic E-state index is 5.97. The van der Waals surface area contributed by atoms with E-state index in [9.17, 15) is 0 Å². The predicted octanol–water partition coefficient (Wildman–Crippen LogP) is 1.13. The Morgan fingerprint density at radius 2 is 1.95 bits per heavy atom. The Morgan fingerprint density at radius 3 is 2.37 bits per heavy atom. The second-order valence-corrected chi connectivity index (χ2v) is 6.36. The molecule has 0 radical (unpaired) electrons. The van der Waals surface area contributed by atoms with Gasteiger partial charge in [-0.15, -0.1) is 0 Å². The highest BCUT2D eigenvalue weighted by atomic mass is 15.3. The molecule has 1 fully saturated rings. The van der Waals surface area contributed by atoms with E-state index in [1.165, 1.54) is 0 Å². The summed E-state index contributed by atoms with van der Waals surface area (Å²) in [6, 6.07) is 0.244. The van der Waals surface area contributed by atoms with Crippen LogP contribution in [-0.2, 0) is 0 Å². The number of nitrogens with one attached hydrogen (secondary N) is 1. The largest absolute Gasteiger partial charge is 0.348 e. The number of rotatable bonds is 3. The summed E-state index contributed by atoms with van der Waals surface area (Å²) in [4.78, 5) is 12.6. The highest BCUT2D eigenvalue weighted by Crippen LogP contribution is 2.24. The minimum Gasteiger partial charge on any atom is -0.348 e. The van der Waals surface area contributed by atoms with Crippen LogP contribution in [0, 0.1) is 6.92 Å². The Balaban J connectivity index is 2.02. The molecule has 1 aliphatic heterocycles. The molecule has 1 aromatic rings. The number of nitrogens with zero attached hydrogens (tertiary/aromatic N) is 3. The first-order valence-corrected chi connectivity index (χ1v) is 7.12. The Hall–Kier alpha value is -0.910. The topological polar surface area (TPSA) is 61.2 Å². The van der Waals surface area contributed by atoms with Gasteiger partial charge >= 0.3 is 0 Å². The van der Waals surface area contributed by atoms with Gasteiger partial charge in [0.2, 0.25) is 0 Å². The lowest BCUT2D eigenvalue weighted by Crippen LogP contribution is -2.54. The molecule has 1 aliphatic rings. The molecule has 1 aromatic heterocycles. The van der Waals surface area contributed by atoms with Gasteiger partial charge in [0.05, 0.1) is 18.1 Å². The zero-order valence-corrected chi connectivity index (χ0v) is 12.6. The number of aryl methyl sites for hydroxylation is 1. The minimum atomic E-state index is 0.244. The zero-order valence-electron chi connectivity index (χ0n) is 12.6. The summed E-state index contributed by atoms with van der Waals surface area (Å²) >= 11 is 0. The zero-order chi connectivity index (χ0) is 14.0. The number of imidazole rings is 1. The fourth-order valence-corrected chi connectivity index (χ4v) is 2.84. The Labute approximate surface area is 116 Å². The van der Waals surface area contributed by atoms with Crippen LogP contribution in [0.5, 0.6) is 0 Å². The van der Waals surface area contributed by atoms with E-state index in [0.29, 0.717) is 6.54 Å². The van der Waals surface area contributed by atoms with Gasteiger partial charge in [-0.2, -0.15) is 0 Å².